The standard InChI is InChI=1S/C12H13N3O3/c16-8-1-2-10-9(3-8)11(17)15(12(18)14-10)6-7-4-13-5-7/h1-3,7,13,16H,4-6H2,(H,14,18). The molecule has 3 N–H and O–H groups in total. The predicted octanol–water partition coefficient (Wildman–Crippen LogP) is -0.385. The number of hydrogen-bond donors (Lipinski definition) is 3. The minimum absolute atomic E-state index is 0.0171. The molecule has 0 atom stereocenters. The van der Waals surface area contributed by atoms with Gasteiger partial charge in [-0.2, -0.15) is 0 Å². The van der Waals surface area contributed by atoms with Gasteiger partial charge in [0.25, 0.3) is 5.56 Å². The number of phenols is 1. The Morgan fingerprint density at radius 3 is 2.78 bits per heavy atom. The van der Waals surface area contributed by atoms with Crippen molar-refractivity contribution in [2.24, 2.45) is 5.92 Å². The lowest BCUT2D eigenvalue weighted by Crippen LogP contribution is -2.48. The number of aromatic hydroxyl groups is 1. The van der Waals surface area contributed by atoms with E-state index in [1.807, 2.05) is 0 Å². The van der Waals surface area contributed by atoms with E-state index in [4.69, 9.17) is 0 Å². The Labute approximate surface area is 102 Å². The number of fused-ring (bicyclic) bond motifs is 1. The van der Waals surface area contributed by atoms with E-state index in [9.17, 15) is 14.7 Å². The smallest absolute Gasteiger partial charge is 0.328 e. The van der Waals surface area contributed by atoms with Crippen LogP contribution in [0.1, 0.15) is 0 Å². The van der Waals surface area contributed by atoms with Gasteiger partial charge >= 0.3 is 5.69 Å². The maximum atomic E-state index is 12.2. The van der Waals surface area contributed by atoms with Crippen LogP contribution in [0.4, 0.5) is 0 Å². The van der Waals surface area contributed by atoms with Gasteiger partial charge in [0.1, 0.15) is 5.75 Å². The second-order valence-corrected chi connectivity index (χ2v) is 4.60. The van der Waals surface area contributed by atoms with Gasteiger partial charge in [-0.1, -0.05) is 0 Å². The van der Waals surface area contributed by atoms with Crippen LogP contribution in [0, 0.1) is 5.92 Å². The van der Waals surface area contributed by atoms with Crippen molar-refractivity contribution in [3.63, 3.8) is 0 Å². The average Bonchev–Trinajstić information content (AvgIpc) is 2.28. The summed E-state index contributed by atoms with van der Waals surface area (Å²) in [5.74, 6) is 0.335. The minimum Gasteiger partial charge on any atom is -0.508 e. The van der Waals surface area contributed by atoms with Crippen LogP contribution in [0.2, 0.25) is 0 Å². The van der Waals surface area contributed by atoms with E-state index in [1.165, 1.54) is 22.8 Å². The Kier molecular flexibility index (Phi) is 2.45. The molecule has 2 heterocycles. The van der Waals surface area contributed by atoms with Crippen LogP contribution in [0.25, 0.3) is 10.9 Å². The summed E-state index contributed by atoms with van der Waals surface area (Å²) in [6, 6.07) is 4.35. The Balaban J connectivity index is 2.18. The summed E-state index contributed by atoms with van der Waals surface area (Å²) >= 11 is 0. The quantitative estimate of drug-likeness (QED) is 0.675. The summed E-state index contributed by atoms with van der Waals surface area (Å²) < 4.78 is 1.20. The van der Waals surface area contributed by atoms with Crippen molar-refractivity contribution in [3.8, 4) is 5.75 Å². The Bertz CT molecular complexity index is 713. The van der Waals surface area contributed by atoms with Crippen LogP contribution in [-0.2, 0) is 6.54 Å². The molecule has 18 heavy (non-hydrogen) atoms. The summed E-state index contributed by atoms with van der Waals surface area (Å²) in [5, 5.41) is 12.8. The number of benzene rings is 1. The van der Waals surface area contributed by atoms with Gasteiger partial charge < -0.3 is 15.4 Å². The first-order valence-electron chi connectivity index (χ1n) is 5.82. The van der Waals surface area contributed by atoms with Gasteiger partial charge in [-0.15, -0.1) is 0 Å². The number of H-pyrrole nitrogens is 1. The Hall–Kier alpha value is -2.08. The lowest BCUT2D eigenvalue weighted by atomic mass is 10.0. The SMILES string of the molecule is O=c1[nH]c2ccc(O)cc2c(=O)n1CC1CNC1. The fourth-order valence-corrected chi connectivity index (χ4v) is 2.14. The molecule has 6 heteroatoms. The first-order chi connectivity index (χ1) is 8.65. The highest BCUT2D eigenvalue weighted by Crippen LogP contribution is 2.14. The zero-order chi connectivity index (χ0) is 12.7. The maximum absolute atomic E-state index is 12.2. The monoisotopic (exact) mass is 247 g/mol. The number of aromatic nitrogens is 2. The molecular formula is C12H13N3O3. The molecule has 0 radical (unpaired) electrons. The molecule has 6 nitrogen and oxygen atoms in total. The Morgan fingerprint density at radius 1 is 1.33 bits per heavy atom. The normalized spacial score (nSPS) is 15.8. The number of hydrogen-bond acceptors (Lipinski definition) is 4. The lowest BCUT2D eigenvalue weighted by Gasteiger charge is -2.27. The maximum Gasteiger partial charge on any atom is 0.328 e. The molecular weight excluding hydrogens is 234 g/mol. The average molecular weight is 247 g/mol. The van der Waals surface area contributed by atoms with E-state index in [0.29, 0.717) is 23.4 Å². The van der Waals surface area contributed by atoms with Gasteiger partial charge in [0, 0.05) is 25.6 Å². The molecule has 0 spiro atoms. The Morgan fingerprint density at radius 2 is 2.11 bits per heavy atom. The molecule has 1 aliphatic rings. The van der Waals surface area contributed by atoms with Crippen LogP contribution < -0.4 is 16.6 Å². The third kappa shape index (κ3) is 1.70. The van der Waals surface area contributed by atoms with Crippen LogP contribution >= 0.6 is 0 Å². The molecule has 1 saturated heterocycles. The fraction of sp³-hybridized carbons (Fsp3) is 0.333. The van der Waals surface area contributed by atoms with Crippen LogP contribution in [0.15, 0.2) is 27.8 Å². The van der Waals surface area contributed by atoms with Gasteiger partial charge in [0.05, 0.1) is 10.9 Å². The van der Waals surface area contributed by atoms with E-state index in [0.717, 1.165) is 13.1 Å². The minimum atomic E-state index is -0.398. The fourth-order valence-electron chi connectivity index (χ4n) is 2.14. The molecule has 2 aromatic rings. The van der Waals surface area contributed by atoms with Crippen LogP contribution in [0.3, 0.4) is 0 Å². The second kappa shape index (κ2) is 3.99. The van der Waals surface area contributed by atoms with Crippen molar-refractivity contribution in [1.82, 2.24) is 14.9 Å². The highest BCUT2D eigenvalue weighted by atomic mass is 16.3. The zero-order valence-electron chi connectivity index (χ0n) is 9.64. The van der Waals surface area contributed by atoms with Gasteiger partial charge in [-0.05, 0) is 18.2 Å². The molecule has 1 aromatic carbocycles. The lowest BCUT2D eigenvalue weighted by molar-refractivity contribution is 0.299. The molecule has 0 saturated carbocycles. The molecule has 0 aliphatic carbocycles. The largest absolute Gasteiger partial charge is 0.508 e. The molecule has 0 bridgehead atoms. The van der Waals surface area contributed by atoms with E-state index in [1.54, 1.807) is 0 Å². The highest BCUT2D eigenvalue weighted by Gasteiger charge is 2.19. The molecule has 1 fully saturated rings. The molecule has 3 rings (SSSR count). The number of nitrogens with one attached hydrogen (secondary N) is 2. The summed E-state index contributed by atoms with van der Waals surface area (Å²) in [6.45, 7) is 2.06. The van der Waals surface area contributed by atoms with E-state index >= 15 is 0 Å². The molecule has 94 valence electrons. The third-order valence-electron chi connectivity index (χ3n) is 3.27. The number of phenolic OH excluding ortho intramolecular Hbond substituents is 1. The van der Waals surface area contributed by atoms with Crippen molar-refractivity contribution in [2.45, 2.75) is 6.54 Å². The summed E-state index contributed by atoms with van der Waals surface area (Å²) in [4.78, 5) is 26.7. The van der Waals surface area contributed by atoms with Crippen molar-refractivity contribution in [1.29, 1.82) is 0 Å². The van der Waals surface area contributed by atoms with Gasteiger partial charge in [0.15, 0.2) is 0 Å². The van der Waals surface area contributed by atoms with E-state index in [2.05, 4.69) is 10.3 Å². The summed E-state index contributed by atoms with van der Waals surface area (Å²) in [5.41, 5.74) is -0.299. The van der Waals surface area contributed by atoms with Crippen LogP contribution in [0.5, 0.6) is 5.75 Å². The van der Waals surface area contributed by atoms with E-state index in [-0.39, 0.29) is 11.3 Å². The highest BCUT2D eigenvalue weighted by molar-refractivity contribution is 5.78. The number of nitrogens with zero attached hydrogens (tertiary/aromatic N) is 1. The number of rotatable bonds is 2. The van der Waals surface area contributed by atoms with Crippen molar-refractivity contribution >= 4 is 10.9 Å². The first kappa shape index (κ1) is 11.0. The summed E-state index contributed by atoms with van der Waals surface area (Å²) in [7, 11) is 0. The van der Waals surface area contributed by atoms with Gasteiger partial charge in [-0.25, -0.2) is 4.79 Å². The van der Waals surface area contributed by atoms with Crippen LogP contribution in [-0.4, -0.2) is 27.7 Å². The zero-order valence-corrected chi connectivity index (χ0v) is 9.64. The van der Waals surface area contributed by atoms with E-state index < -0.39 is 5.69 Å². The third-order valence-corrected chi connectivity index (χ3v) is 3.27. The molecule has 0 unspecified atom stereocenters. The van der Waals surface area contributed by atoms with Crippen molar-refractivity contribution in [3.05, 3.63) is 39.0 Å². The first-order valence-corrected chi connectivity index (χ1v) is 5.82. The van der Waals surface area contributed by atoms with Crippen molar-refractivity contribution in [2.75, 3.05) is 13.1 Å². The number of aromatic amines is 1. The second-order valence-electron chi connectivity index (χ2n) is 4.60. The van der Waals surface area contributed by atoms with Crippen molar-refractivity contribution < 1.29 is 5.11 Å². The van der Waals surface area contributed by atoms with Gasteiger partial charge in [0.2, 0.25) is 0 Å². The molecule has 1 aromatic heterocycles. The van der Waals surface area contributed by atoms with Gasteiger partial charge in [-0.3, -0.25) is 9.36 Å². The molecule has 1 aliphatic heterocycles. The summed E-state index contributed by atoms with van der Waals surface area (Å²) in [6.07, 6.45) is 0. The predicted molar refractivity (Wildman–Crippen MR) is 66.9 cm³/mol. The molecule has 0 amide bonds. The topological polar surface area (TPSA) is 87.1 Å².